The first-order chi connectivity index (χ1) is 8.22. The lowest BCUT2D eigenvalue weighted by atomic mass is 9.92. The highest BCUT2D eigenvalue weighted by Crippen LogP contribution is 2.23. The average molecular weight is 252 g/mol. The molecule has 0 radical (unpaired) electrons. The highest BCUT2D eigenvalue weighted by Gasteiger charge is 2.27. The fourth-order valence-corrected chi connectivity index (χ4v) is 2.87. The van der Waals surface area contributed by atoms with E-state index < -0.39 is 0 Å². The lowest BCUT2D eigenvalue weighted by Crippen LogP contribution is -2.44. The van der Waals surface area contributed by atoms with Gasteiger partial charge in [0.25, 0.3) is 0 Å². The van der Waals surface area contributed by atoms with Crippen molar-refractivity contribution in [2.24, 2.45) is 5.92 Å². The summed E-state index contributed by atoms with van der Waals surface area (Å²) in [7, 11) is 1.63. The average Bonchev–Trinajstić information content (AvgIpc) is 2.91. The van der Waals surface area contributed by atoms with E-state index in [-0.39, 0.29) is 17.7 Å². The van der Waals surface area contributed by atoms with Crippen LogP contribution in [0.3, 0.4) is 0 Å². The molecule has 2 rings (SSSR count). The molecule has 4 nitrogen and oxygen atoms in total. The number of thiophene rings is 1. The summed E-state index contributed by atoms with van der Waals surface area (Å²) in [5, 5.41) is 4.53. The third-order valence-corrected chi connectivity index (χ3v) is 4.02. The fraction of sp³-hybridized carbons (Fsp3) is 0.500. The zero-order valence-corrected chi connectivity index (χ0v) is 10.6. The molecule has 0 saturated carbocycles. The number of amides is 2. The summed E-state index contributed by atoms with van der Waals surface area (Å²) >= 11 is 1.49. The normalized spacial score (nSPS) is 16.9. The Morgan fingerprint density at radius 3 is 2.65 bits per heavy atom. The number of carbonyl (C=O) groups excluding carboxylic acids is 2. The number of urea groups is 1. The maximum Gasteiger partial charge on any atom is 0.317 e. The van der Waals surface area contributed by atoms with Crippen molar-refractivity contribution < 1.29 is 9.59 Å². The van der Waals surface area contributed by atoms with Crippen LogP contribution in [0.25, 0.3) is 0 Å². The van der Waals surface area contributed by atoms with Crippen LogP contribution >= 0.6 is 11.3 Å². The van der Waals surface area contributed by atoms with Crippen LogP contribution in [0.5, 0.6) is 0 Å². The van der Waals surface area contributed by atoms with E-state index in [1.165, 1.54) is 11.3 Å². The van der Waals surface area contributed by atoms with Gasteiger partial charge in [0.05, 0.1) is 4.88 Å². The molecule has 5 heteroatoms. The van der Waals surface area contributed by atoms with Gasteiger partial charge in [-0.2, -0.15) is 0 Å². The summed E-state index contributed by atoms with van der Waals surface area (Å²) in [5.41, 5.74) is 0. The van der Waals surface area contributed by atoms with Crippen molar-refractivity contribution in [1.82, 2.24) is 10.2 Å². The Morgan fingerprint density at radius 1 is 1.41 bits per heavy atom. The van der Waals surface area contributed by atoms with Crippen LogP contribution in [-0.4, -0.2) is 36.9 Å². The Labute approximate surface area is 105 Å². The van der Waals surface area contributed by atoms with E-state index in [0.717, 1.165) is 17.7 Å². The SMILES string of the molecule is CNC(=O)N1CCC(C(=O)c2cccs2)CC1. The van der Waals surface area contributed by atoms with Crippen molar-refractivity contribution in [3.63, 3.8) is 0 Å². The van der Waals surface area contributed by atoms with Crippen molar-refractivity contribution in [2.45, 2.75) is 12.8 Å². The van der Waals surface area contributed by atoms with Crippen LogP contribution in [0, 0.1) is 5.92 Å². The first-order valence-corrected chi connectivity index (χ1v) is 6.64. The molecule has 1 saturated heterocycles. The number of likely N-dealkylation sites (tertiary alicyclic amines) is 1. The van der Waals surface area contributed by atoms with Gasteiger partial charge in [0.15, 0.2) is 5.78 Å². The Morgan fingerprint density at radius 2 is 2.12 bits per heavy atom. The number of piperidine rings is 1. The van der Waals surface area contributed by atoms with Crippen molar-refractivity contribution in [2.75, 3.05) is 20.1 Å². The first kappa shape index (κ1) is 12.1. The minimum Gasteiger partial charge on any atom is -0.341 e. The Bertz CT molecular complexity index is 395. The molecule has 0 aliphatic carbocycles. The zero-order chi connectivity index (χ0) is 12.3. The zero-order valence-electron chi connectivity index (χ0n) is 9.81. The number of rotatable bonds is 2. The van der Waals surface area contributed by atoms with E-state index in [0.29, 0.717) is 13.1 Å². The number of Topliss-reactive ketones (excluding diaryl/α,β-unsaturated/α-hetero) is 1. The van der Waals surface area contributed by atoms with Crippen LogP contribution in [0.1, 0.15) is 22.5 Å². The van der Waals surface area contributed by atoms with Gasteiger partial charge in [-0.25, -0.2) is 4.79 Å². The van der Waals surface area contributed by atoms with Gasteiger partial charge < -0.3 is 10.2 Å². The second-order valence-corrected chi connectivity index (χ2v) is 5.11. The molecule has 1 aromatic heterocycles. The third kappa shape index (κ3) is 2.66. The molecule has 1 N–H and O–H groups in total. The molecule has 1 aliphatic rings. The maximum absolute atomic E-state index is 12.1. The number of hydrogen-bond acceptors (Lipinski definition) is 3. The van der Waals surface area contributed by atoms with Crippen molar-refractivity contribution in [1.29, 1.82) is 0 Å². The van der Waals surface area contributed by atoms with Gasteiger partial charge in [-0.3, -0.25) is 4.79 Å². The molecule has 1 aliphatic heterocycles. The summed E-state index contributed by atoms with van der Waals surface area (Å²) in [6.07, 6.45) is 1.54. The first-order valence-electron chi connectivity index (χ1n) is 5.76. The summed E-state index contributed by atoms with van der Waals surface area (Å²) in [5.74, 6) is 0.311. The number of carbonyl (C=O) groups is 2. The van der Waals surface area contributed by atoms with Crippen LogP contribution in [-0.2, 0) is 0 Å². The molecular weight excluding hydrogens is 236 g/mol. The predicted octanol–water partition coefficient (Wildman–Crippen LogP) is 1.98. The second-order valence-electron chi connectivity index (χ2n) is 4.16. The number of nitrogens with one attached hydrogen (secondary N) is 1. The fourth-order valence-electron chi connectivity index (χ4n) is 2.12. The van der Waals surface area contributed by atoms with Crippen LogP contribution in [0.2, 0.25) is 0 Å². The molecule has 17 heavy (non-hydrogen) atoms. The van der Waals surface area contributed by atoms with Gasteiger partial charge in [0.1, 0.15) is 0 Å². The lowest BCUT2D eigenvalue weighted by Gasteiger charge is -2.30. The van der Waals surface area contributed by atoms with Crippen LogP contribution in [0.4, 0.5) is 4.79 Å². The van der Waals surface area contributed by atoms with Gasteiger partial charge in [0.2, 0.25) is 0 Å². The largest absolute Gasteiger partial charge is 0.341 e. The minimum absolute atomic E-state index is 0.0491. The van der Waals surface area contributed by atoms with Crippen molar-refractivity contribution in [3.05, 3.63) is 22.4 Å². The summed E-state index contributed by atoms with van der Waals surface area (Å²) in [6, 6.07) is 3.72. The molecule has 0 bridgehead atoms. The summed E-state index contributed by atoms with van der Waals surface area (Å²) in [4.78, 5) is 26.1. The van der Waals surface area contributed by atoms with E-state index >= 15 is 0 Å². The van der Waals surface area contributed by atoms with Crippen molar-refractivity contribution >= 4 is 23.2 Å². The highest BCUT2D eigenvalue weighted by molar-refractivity contribution is 7.12. The molecule has 1 aromatic rings. The number of hydrogen-bond donors (Lipinski definition) is 1. The number of nitrogens with zero attached hydrogens (tertiary/aromatic N) is 1. The Kier molecular flexibility index (Phi) is 3.78. The van der Waals surface area contributed by atoms with E-state index in [1.54, 1.807) is 11.9 Å². The second kappa shape index (κ2) is 5.31. The smallest absolute Gasteiger partial charge is 0.317 e. The van der Waals surface area contributed by atoms with Crippen LogP contribution < -0.4 is 5.32 Å². The molecular formula is C12H16N2O2S. The maximum atomic E-state index is 12.1. The topological polar surface area (TPSA) is 49.4 Å². The predicted molar refractivity (Wildman–Crippen MR) is 67.4 cm³/mol. The van der Waals surface area contributed by atoms with Crippen LogP contribution in [0.15, 0.2) is 17.5 Å². The lowest BCUT2D eigenvalue weighted by molar-refractivity contribution is 0.0859. The van der Waals surface area contributed by atoms with Gasteiger partial charge >= 0.3 is 6.03 Å². The molecule has 0 spiro atoms. The quantitative estimate of drug-likeness (QED) is 0.818. The molecule has 0 unspecified atom stereocenters. The Balaban J connectivity index is 1.91. The van der Waals surface area contributed by atoms with Gasteiger partial charge in [0, 0.05) is 26.1 Å². The standard InChI is InChI=1S/C12H16N2O2S/c1-13-12(16)14-6-4-9(5-7-14)11(15)10-3-2-8-17-10/h2-3,8-9H,4-7H2,1H3,(H,13,16). The third-order valence-electron chi connectivity index (χ3n) is 3.13. The summed E-state index contributed by atoms with van der Waals surface area (Å²) < 4.78 is 0. The van der Waals surface area contributed by atoms with E-state index in [1.807, 2.05) is 17.5 Å². The minimum atomic E-state index is -0.0491. The Hall–Kier alpha value is -1.36. The van der Waals surface area contributed by atoms with E-state index in [4.69, 9.17) is 0 Å². The van der Waals surface area contributed by atoms with Gasteiger partial charge in [-0.1, -0.05) is 6.07 Å². The van der Waals surface area contributed by atoms with E-state index in [9.17, 15) is 9.59 Å². The molecule has 2 heterocycles. The summed E-state index contributed by atoms with van der Waals surface area (Å²) in [6.45, 7) is 1.34. The van der Waals surface area contributed by atoms with Crippen molar-refractivity contribution in [3.8, 4) is 0 Å². The monoisotopic (exact) mass is 252 g/mol. The molecule has 2 amide bonds. The number of ketones is 1. The highest BCUT2D eigenvalue weighted by atomic mass is 32.1. The molecule has 0 aromatic carbocycles. The molecule has 92 valence electrons. The molecule has 1 fully saturated rings. The van der Waals surface area contributed by atoms with Gasteiger partial charge in [-0.15, -0.1) is 11.3 Å². The molecule has 0 atom stereocenters. The van der Waals surface area contributed by atoms with Gasteiger partial charge in [-0.05, 0) is 24.3 Å². The van der Waals surface area contributed by atoms with E-state index in [2.05, 4.69) is 5.32 Å².